The Morgan fingerprint density at radius 3 is 2.62 bits per heavy atom. The van der Waals surface area contributed by atoms with Crippen LogP contribution in [0.2, 0.25) is 5.02 Å². The first-order chi connectivity index (χ1) is 12.8. The molecule has 0 saturated heterocycles. The average molecular weight is 362 g/mol. The van der Waals surface area contributed by atoms with Crippen LogP contribution in [0.3, 0.4) is 0 Å². The van der Waals surface area contributed by atoms with Crippen LogP contribution in [0.1, 0.15) is 35.4 Å². The third kappa shape index (κ3) is 2.54. The fourth-order valence-corrected chi connectivity index (χ4v) is 3.79. The van der Waals surface area contributed by atoms with Gasteiger partial charge in [-0.15, -0.1) is 0 Å². The second-order valence-electron chi connectivity index (χ2n) is 6.45. The molecule has 4 nitrogen and oxygen atoms in total. The van der Waals surface area contributed by atoms with Crippen molar-refractivity contribution in [2.45, 2.75) is 18.7 Å². The molecule has 5 heteroatoms. The summed E-state index contributed by atoms with van der Waals surface area (Å²) < 4.78 is 6.30. The molecule has 0 aliphatic carbocycles. The Balaban J connectivity index is 1.62. The van der Waals surface area contributed by atoms with Crippen LogP contribution in [0.25, 0.3) is 0 Å². The number of ether oxygens (including phenoxy) is 1. The summed E-state index contributed by atoms with van der Waals surface area (Å²) in [6, 6.07) is 20.1. The molecule has 5 rings (SSSR count). The van der Waals surface area contributed by atoms with Gasteiger partial charge in [-0.05, 0) is 35.9 Å². The zero-order chi connectivity index (χ0) is 17.5. The minimum atomic E-state index is -0.280. The molecule has 0 N–H and O–H groups in total. The van der Waals surface area contributed by atoms with E-state index in [9.17, 15) is 0 Å². The maximum Gasteiger partial charge on any atom is 0.213 e. The van der Waals surface area contributed by atoms with E-state index in [1.807, 2.05) is 48.5 Å². The molecule has 0 radical (unpaired) electrons. The number of halogens is 1. The van der Waals surface area contributed by atoms with Crippen molar-refractivity contribution < 1.29 is 4.74 Å². The molecule has 0 saturated carbocycles. The van der Waals surface area contributed by atoms with Crippen LogP contribution >= 0.6 is 11.6 Å². The Bertz CT molecular complexity index is 975. The zero-order valence-corrected chi connectivity index (χ0v) is 14.7. The molecule has 26 heavy (non-hydrogen) atoms. The van der Waals surface area contributed by atoms with Gasteiger partial charge in [0.2, 0.25) is 6.23 Å². The van der Waals surface area contributed by atoms with Crippen molar-refractivity contribution in [3.8, 4) is 5.75 Å². The van der Waals surface area contributed by atoms with E-state index >= 15 is 0 Å². The van der Waals surface area contributed by atoms with Crippen LogP contribution in [-0.2, 0) is 0 Å². The van der Waals surface area contributed by atoms with E-state index in [-0.39, 0.29) is 12.3 Å². The topological polar surface area (TPSA) is 37.7 Å². The Morgan fingerprint density at radius 1 is 1.00 bits per heavy atom. The van der Waals surface area contributed by atoms with Crippen molar-refractivity contribution in [2.24, 2.45) is 5.10 Å². The molecule has 2 aliphatic heterocycles. The summed E-state index contributed by atoms with van der Waals surface area (Å²) in [5.74, 6) is 0.863. The monoisotopic (exact) mass is 361 g/mol. The van der Waals surface area contributed by atoms with Crippen molar-refractivity contribution >= 4 is 17.3 Å². The Kier molecular flexibility index (Phi) is 3.64. The molecule has 128 valence electrons. The molecule has 2 aliphatic rings. The van der Waals surface area contributed by atoms with Crippen molar-refractivity contribution in [1.82, 2.24) is 9.99 Å². The van der Waals surface area contributed by atoms with E-state index in [1.54, 1.807) is 12.4 Å². The number of benzene rings is 2. The fourth-order valence-electron chi connectivity index (χ4n) is 3.61. The van der Waals surface area contributed by atoms with Gasteiger partial charge in [-0.3, -0.25) is 4.98 Å². The summed E-state index contributed by atoms with van der Waals surface area (Å²) >= 11 is 6.25. The van der Waals surface area contributed by atoms with Gasteiger partial charge >= 0.3 is 0 Å². The summed E-state index contributed by atoms with van der Waals surface area (Å²) in [5, 5.41) is 7.69. The largest absolute Gasteiger partial charge is 0.464 e. The minimum absolute atomic E-state index is 0.103. The number of aromatic nitrogens is 1. The lowest BCUT2D eigenvalue weighted by atomic mass is 9.96. The molecular formula is C21H16ClN3O. The van der Waals surface area contributed by atoms with Crippen LogP contribution in [0, 0.1) is 0 Å². The van der Waals surface area contributed by atoms with Crippen molar-refractivity contribution in [3.63, 3.8) is 0 Å². The molecule has 3 heterocycles. The molecule has 3 aromatic rings. The zero-order valence-electron chi connectivity index (χ0n) is 13.9. The van der Waals surface area contributed by atoms with Gasteiger partial charge in [0.25, 0.3) is 0 Å². The predicted molar refractivity (Wildman–Crippen MR) is 101 cm³/mol. The second kappa shape index (κ2) is 6.15. The molecule has 1 aromatic heterocycles. The van der Waals surface area contributed by atoms with E-state index in [0.717, 1.165) is 34.6 Å². The fraction of sp³-hybridized carbons (Fsp3) is 0.143. The number of nitrogens with zero attached hydrogens (tertiary/aromatic N) is 3. The second-order valence-corrected chi connectivity index (χ2v) is 6.88. The Morgan fingerprint density at radius 2 is 1.81 bits per heavy atom. The SMILES string of the molecule is Clc1ccc2c(c1)[C@H]1CC(c3ccccc3)=NN1[C@@H](c1ccncc1)O2. The van der Waals surface area contributed by atoms with Crippen molar-refractivity contribution in [3.05, 3.63) is 94.8 Å². The molecule has 0 spiro atoms. The van der Waals surface area contributed by atoms with Crippen LogP contribution in [0.4, 0.5) is 0 Å². The van der Waals surface area contributed by atoms with E-state index in [1.165, 1.54) is 0 Å². The molecule has 0 amide bonds. The number of hydrogen-bond donors (Lipinski definition) is 0. The maximum atomic E-state index is 6.30. The summed E-state index contributed by atoms with van der Waals surface area (Å²) in [6.07, 6.45) is 4.10. The maximum absolute atomic E-state index is 6.30. The summed E-state index contributed by atoms with van der Waals surface area (Å²) in [6.45, 7) is 0. The first-order valence-electron chi connectivity index (χ1n) is 8.57. The third-order valence-corrected chi connectivity index (χ3v) is 5.09. The highest BCUT2D eigenvalue weighted by atomic mass is 35.5. The van der Waals surface area contributed by atoms with Crippen LogP contribution in [0.15, 0.2) is 78.2 Å². The number of rotatable bonds is 2. The number of hydrazone groups is 1. The van der Waals surface area contributed by atoms with Crippen molar-refractivity contribution in [1.29, 1.82) is 0 Å². The average Bonchev–Trinajstić information content (AvgIpc) is 3.15. The normalized spacial score (nSPS) is 20.8. The van der Waals surface area contributed by atoms with Gasteiger partial charge in [-0.25, -0.2) is 5.01 Å². The molecule has 2 atom stereocenters. The first kappa shape index (κ1) is 15.4. The quantitative estimate of drug-likeness (QED) is 0.646. The van der Waals surface area contributed by atoms with Crippen LogP contribution in [0.5, 0.6) is 5.75 Å². The lowest BCUT2D eigenvalue weighted by Crippen LogP contribution is -2.33. The first-order valence-corrected chi connectivity index (χ1v) is 8.95. The van der Waals surface area contributed by atoms with Gasteiger partial charge in [0.15, 0.2) is 0 Å². The van der Waals surface area contributed by atoms with Gasteiger partial charge in [0.1, 0.15) is 5.75 Å². The summed E-state index contributed by atoms with van der Waals surface area (Å²) in [5.41, 5.74) is 4.31. The number of fused-ring (bicyclic) bond motifs is 3. The van der Waals surface area contributed by atoms with E-state index in [4.69, 9.17) is 21.4 Å². The van der Waals surface area contributed by atoms with Gasteiger partial charge in [0.05, 0.1) is 11.8 Å². The highest BCUT2D eigenvalue weighted by Gasteiger charge is 2.41. The van der Waals surface area contributed by atoms with Gasteiger partial charge in [0, 0.05) is 35.0 Å². The van der Waals surface area contributed by atoms with E-state index in [0.29, 0.717) is 5.02 Å². The highest BCUT2D eigenvalue weighted by molar-refractivity contribution is 6.30. The standard InChI is InChI=1S/C21H16ClN3O/c22-16-6-7-20-17(12-16)19-13-18(14-4-2-1-3-5-14)24-25(19)21(26-20)15-8-10-23-11-9-15/h1-12,19,21H,13H2/t19-,21-/m1/s1. The van der Waals surface area contributed by atoms with Gasteiger partial charge < -0.3 is 4.74 Å². The van der Waals surface area contributed by atoms with E-state index in [2.05, 4.69) is 22.1 Å². The van der Waals surface area contributed by atoms with Gasteiger partial charge in [-0.1, -0.05) is 41.9 Å². The molecular weight excluding hydrogens is 346 g/mol. The molecule has 0 fully saturated rings. The van der Waals surface area contributed by atoms with Gasteiger partial charge in [-0.2, -0.15) is 5.10 Å². The Hall–Kier alpha value is -2.85. The summed E-state index contributed by atoms with van der Waals surface area (Å²) in [7, 11) is 0. The number of hydrogen-bond acceptors (Lipinski definition) is 4. The lowest BCUT2D eigenvalue weighted by molar-refractivity contribution is -0.0190. The van der Waals surface area contributed by atoms with Crippen LogP contribution in [-0.4, -0.2) is 15.7 Å². The highest BCUT2D eigenvalue weighted by Crippen LogP contribution is 2.48. The molecule has 0 unspecified atom stereocenters. The molecule has 2 aromatic carbocycles. The smallest absolute Gasteiger partial charge is 0.213 e. The van der Waals surface area contributed by atoms with Crippen molar-refractivity contribution in [2.75, 3.05) is 0 Å². The predicted octanol–water partition coefficient (Wildman–Crippen LogP) is 4.98. The van der Waals surface area contributed by atoms with Crippen LogP contribution < -0.4 is 4.74 Å². The number of pyridine rings is 1. The summed E-state index contributed by atoms with van der Waals surface area (Å²) in [4.78, 5) is 4.12. The lowest BCUT2D eigenvalue weighted by Gasteiger charge is -2.38. The third-order valence-electron chi connectivity index (χ3n) is 4.85. The minimum Gasteiger partial charge on any atom is -0.464 e. The Labute approximate surface area is 156 Å². The molecule has 0 bridgehead atoms. The van der Waals surface area contributed by atoms with E-state index < -0.39 is 0 Å².